The Balaban J connectivity index is 1.47. The lowest BCUT2D eigenvalue weighted by atomic mass is 10.1. The first kappa shape index (κ1) is 21.0. The Morgan fingerprint density at radius 2 is 1.04 bits per heavy atom. The lowest BCUT2D eigenvalue weighted by Crippen LogP contribution is -2.17. The Morgan fingerprint density at radius 3 is 1.43 bits per heavy atom. The number of rotatable bonds is 11. The highest BCUT2D eigenvalue weighted by Gasteiger charge is 2.01. The van der Waals surface area contributed by atoms with Crippen molar-refractivity contribution in [2.75, 3.05) is 0 Å². The minimum Gasteiger partial charge on any atom is -0.273 e. The summed E-state index contributed by atoms with van der Waals surface area (Å²) in [6, 6.07) is 19.2. The van der Waals surface area contributed by atoms with E-state index < -0.39 is 0 Å². The zero-order chi connectivity index (χ0) is 19.9. The maximum atomic E-state index is 11.7. The monoisotopic (exact) mass is 378 g/mol. The molecular weight excluding hydrogens is 352 g/mol. The van der Waals surface area contributed by atoms with Gasteiger partial charge in [0, 0.05) is 12.8 Å². The summed E-state index contributed by atoms with van der Waals surface area (Å²) >= 11 is 0. The molecule has 2 rings (SSSR count). The van der Waals surface area contributed by atoms with Crippen molar-refractivity contribution >= 4 is 24.2 Å². The van der Waals surface area contributed by atoms with E-state index in [4.69, 9.17) is 0 Å². The predicted octanol–water partition coefficient (Wildman–Crippen LogP) is 3.63. The number of amides is 2. The van der Waals surface area contributed by atoms with Crippen LogP contribution >= 0.6 is 0 Å². The minimum absolute atomic E-state index is 0.0971. The summed E-state index contributed by atoms with van der Waals surface area (Å²) in [5.41, 5.74) is 6.93. The van der Waals surface area contributed by atoms with Gasteiger partial charge in [-0.05, 0) is 24.0 Å². The number of hydrogen-bond donors (Lipinski definition) is 2. The van der Waals surface area contributed by atoms with Crippen molar-refractivity contribution in [2.24, 2.45) is 10.2 Å². The molecule has 6 nitrogen and oxygen atoms in total. The standard InChI is InChI=1S/C22H26N4O2/c27-21(25-23-17-19-11-5-3-6-12-19)15-9-1-2-10-16-22(28)26-24-18-20-13-7-4-8-14-20/h3-8,11-14,17-18H,1-2,9-10,15-16H2,(H,25,27)(H,26,28)/b23-17+,24-18+. The van der Waals surface area contributed by atoms with Gasteiger partial charge in [-0.3, -0.25) is 9.59 Å². The molecule has 6 heteroatoms. The van der Waals surface area contributed by atoms with Gasteiger partial charge in [0.1, 0.15) is 0 Å². The molecule has 0 spiro atoms. The van der Waals surface area contributed by atoms with Crippen LogP contribution in [0.5, 0.6) is 0 Å². The van der Waals surface area contributed by atoms with Gasteiger partial charge in [0.05, 0.1) is 12.4 Å². The van der Waals surface area contributed by atoms with Gasteiger partial charge in [0.15, 0.2) is 0 Å². The van der Waals surface area contributed by atoms with Crippen LogP contribution < -0.4 is 10.9 Å². The Labute approximate surface area is 165 Å². The summed E-state index contributed by atoms with van der Waals surface area (Å²) in [4.78, 5) is 23.4. The van der Waals surface area contributed by atoms with Crippen LogP contribution in [0.4, 0.5) is 0 Å². The molecule has 146 valence electrons. The van der Waals surface area contributed by atoms with Crippen molar-refractivity contribution in [3.8, 4) is 0 Å². The van der Waals surface area contributed by atoms with Crippen LogP contribution in [0.15, 0.2) is 70.9 Å². The van der Waals surface area contributed by atoms with E-state index in [1.807, 2.05) is 60.7 Å². The largest absolute Gasteiger partial charge is 0.273 e. The van der Waals surface area contributed by atoms with Gasteiger partial charge >= 0.3 is 0 Å². The van der Waals surface area contributed by atoms with Gasteiger partial charge in [-0.2, -0.15) is 10.2 Å². The van der Waals surface area contributed by atoms with E-state index in [-0.39, 0.29) is 11.8 Å². The Bertz CT molecular complexity index is 706. The second-order valence-electron chi connectivity index (χ2n) is 6.32. The molecule has 0 aromatic heterocycles. The normalized spacial score (nSPS) is 11.0. The van der Waals surface area contributed by atoms with Crippen molar-refractivity contribution in [1.82, 2.24) is 10.9 Å². The molecule has 0 heterocycles. The summed E-state index contributed by atoms with van der Waals surface area (Å²) in [6.45, 7) is 0. The fourth-order valence-electron chi connectivity index (χ4n) is 2.47. The number of benzene rings is 2. The molecule has 0 unspecified atom stereocenters. The molecule has 2 aromatic carbocycles. The smallest absolute Gasteiger partial charge is 0.240 e. The first-order valence-electron chi connectivity index (χ1n) is 9.48. The van der Waals surface area contributed by atoms with Gasteiger partial charge in [-0.1, -0.05) is 73.5 Å². The zero-order valence-corrected chi connectivity index (χ0v) is 15.9. The highest BCUT2D eigenvalue weighted by Crippen LogP contribution is 2.05. The summed E-state index contributed by atoms with van der Waals surface area (Å²) in [5.74, 6) is -0.194. The maximum Gasteiger partial charge on any atom is 0.240 e. The number of carbonyl (C=O) groups excluding carboxylic acids is 2. The molecule has 0 aliphatic carbocycles. The third kappa shape index (κ3) is 9.43. The molecule has 0 aliphatic heterocycles. The number of hydrogen-bond acceptors (Lipinski definition) is 4. The Kier molecular flexibility index (Phi) is 9.74. The number of nitrogens with one attached hydrogen (secondary N) is 2. The molecule has 0 bridgehead atoms. The number of nitrogens with zero attached hydrogens (tertiary/aromatic N) is 2. The lowest BCUT2D eigenvalue weighted by molar-refractivity contribution is -0.122. The minimum atomic E-state index is -0.0971. The van der Waals surface area contributed by atoms with E-state index in [2.05, 4.69) is 21.1 Å². The van der Waals surface area contributed by atoms with E-state index in [0.29, 0.717) is 12.8 Å². The van der Waals surface area contributed by atoms with E-state index in [0.717, 1.165) is 36.8 Å². The van der Waals surface area contributed by atoms with Gasteiger partial charge in [-0.25, -0.2) is 10.9 Å². The van der Waals surface area contributed by atoms with Crippen LogP contribution in [-0.4, -0.2) is 24.2 Å². The maximum absolute atomic E-state index is 11.7. The molecule has 0 radical (unpaired) electrons. The van der Waals surface area contributed by atoms with Gasteiger partial charge in [0.2, 0.25) is 11.8 Å². The summed E-state index contributed by atoms with van der Waals surface area (Å²) in [5, 5.41) is 7.88. The van der Waals surface area contributed by atoms with E-state index >= 15 is 0 Å². The Hall–Kier alpha value is -3.28. The quantitative estimate of drug-likeness (QED) is 0.356. The van der Waals surface area contributed by atoms with Gasteiger partial charge in [-0.15, -0.1) is 0 Å². The van der Waals surface area contributed by atoms with Crippen LogP contribution in [0, 0.1) is 0 Å². The van der Waals surface area contributed by atoms with E-state index in [1.54, 1.807) is 12.4 Å². The van der Waals surface area contributed by atoms with E-state index in [1.165, 1.54) is 0 Å². The fourth-order valence-corrected chi connectivity index (χ4v) is 2.47. The summed E-state index contributed by atoms with van der Waals surface area (Å²) < 4.78 is 0. The van der Waals surface area contributed by atoms with Crippen LogP contribution in [-0.2, 0) is 9.59 Å². The fraction of sp³-hybridized carbons (Fsp3) is 0.273. The summed E-state index contributed by atoms with van der Waals surface area (Å²) in [6.07, 6.45) is 7.46. The second kappa shape index (κ2) is 13.0. The first-order chi connectivity index (χ1) is 13.7. The SMILES string of the molecule is O=C(CCCCCCC(=O)N/N=C/c1ccccc1)N/N=C/c1ccccc1. The highest BCUT2D eigenvalue weighted by atomic mass is 16.2. The first-order valence-corrected chi connectivity index (χ1v) is 9.48. The van der Waals surface area contributed by atoms with Crippen molar-refractivity contribution in [1.29, 1.82) is 0 Å². The van der Waals surface area contributed by atoms with Crippen molar-refractivity contribution in [3.63, 3.8) is 0 Å². The zero-order valence-electron chi connectivity index (χ0n) is 15.9. The van der Waals surface area contributed by atoms with Gasteiger partial charge < -0.3 is 0 Å². The molecule has 2 aromatic rings. The topological polar surface area (TPSA) is 82.9 Å². The third-order valence-electron chi connectivity index (χ3n) is 3.96. The molecule has 0 fully saturated rings. The molecule has 2 N–H and O–H groups in total. The third-order valence-corrected chi connectivity index (χ3v) is 3.96. The van der Waals surface area contributed by atoms with Gasteiger partial charge in [0.25, 0.3) is 0 Å². The molecule has 0 aliphatic rings. The number of unbranched alkanes of at least 4 members (excludes halogenated alkanes) is 3. The van der Waals surface area contributed by atoms with Crippen molar-refractivity contribution in [3.05, 3.63) is 71.8 Å². The van der Waals surface area contributed by atoms with E-state index in [9.17, 15) is 9.59 Å². The van der Waals surface area contributed by atoms with Crippen LogP contribution in [0.1, 0.15) is 49.7 Å². The van der Waals surface area contributed by atoms with Crippen LogP contribution in [0.25, 0.3) is 0 Å². The average molecular weight is 378 g/mol. The Morgan fingerprint density at radius 1 is 0.643 bits per heavy atom. The number of hydrazone groups is 2. The molecule has 0 atom stereocenters. The van der Waals surface area contributed by atoms with Crippen LogP contribution in [0.3, 0.4) is 0 Å². The molecule has 2 amide bonds. The highest BCUT2D eigenvalue weighted by molar-refractivity contribution is 5.82. The average Bonchev–Trinajstić information content (AvgIpc) is 2.72. The van der Waals surface area contributed by atoms with Crippen molar-refractivity contribution < 1.29 is 9.59 Å². The number of carbonyl (C=O) groups is 2. The second-order valence-corrected chi connectivity index (χ2v) is 6.32. The lowest BCUT2D eigenvalue weighted by Gasteiger charge is -2.02. The van der Waals surface area contributed by atoms with Crippen LogP contribution in [0.2, 0.25) is 0 Å². The summed E-state index contributed by atoms with van der Waals surface area (Å²) in [7, 11) is 0. The molecular formula is C22H26N4O2. The molecule has 0 saturated carbocycles. The van der Waals surface area contributed by atoms with Crippen molar-refractivity contribution in [2.45, 2.75) is 38.5 Å². The molecule has 0 saturated heterocycles. The molecule has 28 heavy (non-hydrogen) atoms. The predicted molar refractivity (Wildman–Crippen MR) is 112 cm³/mol.